The number of anilines is 1. The number of carbonyl (C=O) groups excluding carboxylic acids is 2. The van der Waals surface area contributed by atoms with Crippen LogP contribution in [0.3, 0.4) is 0 Å². The molecule has 1 aromatic carbocycles. The molecule has 0 aromatic heterocycles. The Labute approximate surface area is 139 Å². The summed E-state index contributed by atoms with van der Waals surface area (Å²) in [7, 11) is 0. The van der Waals surface area contributed by atoms with E-state index in [0.717, 1.165) is 5.56 Å². The number of carbonyl (C=O) groups is 2. The lowest BCUT2D eigenvalue weighted by Gasteiger charge is -2.41. The predicted octanol–water partition coefficient (Wildman–Crippen LogP) is 2.54. The molecule has 1 aliphatic rings. The fraction of sp³-hybridized carbons (Fsp3) is 0.529. The fourth-order valence-corrected chi connectivity index (χ4v) is 2.66. The SMILES string of the molecule is CCN(Cc1cccc(NC(=O)C(F)(F)C2(O)CCC2)c1)C(C)=O. The second-order valence-electron chi connectivity index (χ2n) is 6.15. The van der Waals surface area contributed by atoms with Crippen molar-refractivity contribution in [3.8, 4) is 0 Å². The Morgan fingerprint density at radius 1 is 1.38 bits per heavy atom. The fourth-order valence-electron chi connectivity index (χ4n) is 2.66. The van der Waals surface area contributed by atoms with Crippen LogP contribution in [0.15, 0.2) is 24.3 Å². The highest BCUT2D eigenvalue weighted by molar-refractivity contribution is 5.97. The Morgan fingerprint density at radius 3 is 2.54 bits per heavy atom. The van der Waals surface area contributed by atoms with Gasteiger partial charge in [0, 0.05) is 25.7 Å². The van der Waals surface area contributed by atoms with Crippen molar-refractivity contribution >= 4 is 17.5 Å². The molecule has 5 nitrogen and oxygen atoms in total. The van der Waals surface area contributed by atoms with Crippen LogP contribution in [0.5, 0.6) is 0 Å². The average molecular weight is 340 g/mol. The van der Waals surface area contributed by atoms with Crippen molar-refractivity contribution in [3.63, 3.8) is 0 Å². The molecule has 0 aliphatic heterocycles. The number of benzene rings is 1. The van der Waals surface area contributed by atoms with E-state index in [0.29, 0.717) is 19.5 Å². The van der Waals surface area contributed by atoms with E-state index in [-0.39, 0.29) is 24.4 Å². The smallest absolute Gasteiger partial charge is 0.352 e. The quantitative estimate of drug-likeness (QED) is 0.836. The largest absolute Gasteiger partial charge is 0.383 e. The van der Waals surface area contributed by atoms with Crippen molar-refractivity contribution in [2.24, 2.45) is 0 Å². The molecule has 0 heterocycles. The number of alkyl halides is 2. The molecule has 0 spiro atoms. The van der Waals surface area contributed by atoms with Crippen LogP contribution >= 0.6 is 0 Å². The summed E-state index contributed by atoms with van der Waals surface area (Å²) in [5.41, 5.74) is -1.32. The van der Waals surface area contributed by atoms with Gasteiger partial charge in [0.2, 0.25) is 5.91 Å². The number of aliphatic hydroxyl groups is 1. The molecule has 0 atom stereocenters. The maximum Gasteiger partial charge on any atom is 0.352 e. The van der Waals surface area contributed by atoms with Gasteiger partial charge in [0.25, 0.3) is 5.91 Å². The van der Waals surface area contributed by atoms with Gasteiger partial charge in [0.05, 0.1) is 0 Å². The maximum atomic E-state index is 14.1. The summed E-state index contributed by atoms with van der Waals surface area (Å²) >= 11 is 0. The molecule has 0 saturated heterocycles. The van der Waals surface area contributed by atoms with Crippen molar-refractivity contribution in [3.05, 3.63) is 29.8 Å². The van der Waals surface area contributed by atoms with Gasteiger partial charge >= 0.3 is 5.92 Å². The summed E-state index contributed by atoms with van der Waals surface area (Å²) in [5, 5.41) is 12.0. The molecule has 132 valence electrons. The molecule has 24 heavy (non-hydrogen) atoms. The Hall–Kier alpha value is -2.02. The van der Waals surface area contributed by atoms with Crippen LogP contribution in [-0.4, -0.2) is 39.9 Å². The molecule has 0 unspecified atom stereocenters. The minimum atomic E-state index is -3.84. The molecule has 1 aliphatic carbocycles. The van der Waals surface area contributed by atoms with E-state index < -0.39 is 17.4 Å². The van der Waals surface area contributed by atoms with E-state index in [1.807, 2.05) is 6.92 Å². The van der Waals surface area contributed by atoms with Gasteiger partial charge in [0.1, 0.15) is 5.60 Å². The number of rotatable bonds is 6. The minimum absolute atomic E-state index is 0.0858. The van der Waals surface area contributed by atoms with Crippen molar-refractivity contribution < 1.29 is 23.5 Å². The summed E-state index contributed by atoms with van der Waals surface area (Å²) in [5.74, 6) is -5.44. The summed E-state index contributed by atoms with van der Waals surface area (Å²) in [6.07, 6.45) is 0.307. The molecular formula is C17H22F2N2O3. The highest BCUT2D eigenvalue weighted by Gasteiger charge is 2.61. The van der Waals surface area contributed by atoms with Crippen LogP contribution in [0.2, 0.25) is 0 Å². The maximum absolute atomic E-state index is 14.1. The highest BCUT2D eigenvalue weighted by atomic mass is 19.3. The third-order valence-electron chi connectivity index (χ3n) is 4.44. The van der Waals surface area contributed by atoms with Gasteiger partial charge in [-0.15, -0.1) is 0 Å². The number of nitrogens with zero attached hydrogens (tertiary/aromatic N) is 1. The second kappa shape index (κ2) is 6.84. The summed E-state index contributed by atoms with van der Waals surface area (Å²) in [4.78, 5) is 24.9. The molecule has 1 fully saturated rings. The molecule has 2 N–H and O–H groups in total. The van der Waals surface area contributed by atoms with Gasteiger partial charge in [-0.05, 0) is 43.9 Å². The highest BCUT2D eigenvalue weighted by Crippen LogP contribution is 2.44. The summed E-state index contributed by atoms with van der Waals surface area (Å²) in [6, 6.07) is 6.41. The Kier molecular flexibility index (Phi) is 5.22. The van der Waals surface area contributed by atoms with Crippen molar-refractivity contribution in [2.45, 2.75) is 51.2 Å². The van der Waals surface area contributed by atoms with Crippen LogP contribution in [0.1, 0.15) is 38.7 Å². The Bertz CT molecular complexity index is 630. The van der Waals surface area contributed by atoms with E-state index in [2.05, 4.69) is 5.32 Å². The number of hydrogen-bond acceptors (Lipinski definition) is 3. The van der Waals surface area contributed by atoms with Gasteiger partial charge in [-0.3, -0.25) is 9.59 Å². The van der Waals surface area contributed by atoms with Gasteiger partial charge in [-0.1, -0.05) is 12.1 Å². The molecular weight excluding hydrogens is 318 g/mol. The molecule has 0 radical (unpaired) electrons. The first-order chi connectivity index (χ1) is 11.2. The van der Waals surface area contributed by atoms with Gasteiger partial charge in [-0.25, -0.2) is 0 Å². The molecule has 2 rings (SSSR count). The summed E-state index contributed by atoms with van der Waals surface area (Å²) < 4.78 is 28.2. The minimum Gasteiger partial charge on any atom is -0.383 e. The summed E-state index contributed by atoms with van der Waals surface area (Å²) in [6.45, 7) is 4.15. The molecule has 2 amide bonds. The van der Waals surface area contributed by atoms with Crippen molar-refractivity contribution in [1.29, 1.82) is 0 Å². The zero-order chi connectivity index (χ0) is 18.0. The van der Waals surface area contributed by atoms with Crippen molar-refractivity contribution in [1.82, 2.24) is 4.90 Å². The van der Waals surface area contributed by atoms with Crippen LogP contribution in [-0.2, 0) is 16.1 Å². The Morgan fingerprint density at radius 2 is 2.04 bits per heavy atom. The van der Waals surface area contributed by atoms with E-state index in [1.165, 1.54) is 13.0 Å². The number of amides is 2. The first-order valence-electron chi connectivity index (χ1n) is 7.96. The van der Waals surface area contributed by atoms with Gasteiger partial charge in [-0.2, -0.15) is 8.78 Å². The van der Waals surface area contributed by atoms with Crippen LogP contribution in [0, 0.1) is 0 Å². The average Bonchev–Trinajstić information content (AvgIpc) is 2.50. The third-order valence-corrected chi connectivity index (χ3v) is 4.44. The zero-order valence-electron chi connectivity index (χ0n) is 13.8. The van der Waals surface area contributed by atoms with Crippen LogP contribution in [0.25, 0.3) is 0 Å². The lowest BCUT2D eigenvalue weighted by atomic mass is 9.75. The zero-order valence-corrected chi connectivity index (χ0v) is 13.8. The van der Waals surface area contributed by atoms with Gasteiger partial charge < -0.3 is 15.3 Å². The predicted molar refractivity (Wildman–Crippen MR) is 85.6 cm³/mol. The first kappa shape index (κ1) is 18.3. The van der Waals surface area contributed by atoms with E-state index in [4.69, 9.17) is 0 Å². The lowest BCUT2D eigenvalue weighted by molar-refractivity contribution is -0.212. The number of halogens is 2. The number of nitrogens with one attached hydrogen (secondary N) is 1. The van der Waals surface area contributed by atoms with Crippen LogP contribution in [0.4, 0.5) is 14.5 Å². The lowest BCUT2D eigenvalue weighted by Crippen LogP contribution is -2.59. The second-order valence-corrected chi connectivity index (χ2v) is 6.15. The molecule has 1 saturated carbocycles. The first-order valence-corrected chi connectivity index (χ1v) is 7.96. The van der Waals surface area contributed by atoms with Crippen molar-refractivity contribution in [2.75, 3.05) is 11.9 Å². The van der Waals surface area contributed by atoms with E-state index in [9.17, 15) is 23.5 Å². The monoisotopic (exact) mass is 340 g/mol. The van der Waals surface area contributed by atoms with E-state index >= 15 is 0 Å². The topological polar surface area (TPSA) is 69.6 Å². The third kappa shape index (κ3) is 3.56. The molecule has 0 bridgehead atoms. The Balaban J connectivity index is 2.09. The molecule has 1 aromatic rings. The standard InChI is InChI=1S/C17H22F2N2O3/c1-3-21(12(2)22)11-13-6-4-7-14(10-13)20-15(23)17(18,19)16(24)8-5-9-16/h4,6-7,10,24H,3,5,8-9,11H2,1-2H3,(H,20,23). The van der Waals surface area contributed by atoms with Gasteiger partial charge in [0.15, 0.2) is 0 Å². The van der Waals surface area contributed by atoms with E-state index in [1.54, 1.807) is 23.1 Å². The number of hydrogen-bond donors (Lipinski definition) is 2. The molecule has 7 heteroatoms. The van der Waals surface area contributed by atoms with Crippen LogP contribution < -0.4 is 5.32 Å². The normalized spacial score (nSPS) is 16.2.